The Morgan fingerprint density at radius 1 is 0.974 bits per heavy atom. The number of hydrogen-bond acceptors (Lipinski definition) is 5. The standard InChI is InChI=1S/C31H31N5O2/c1-21-23(14-16-29(32)35-21)13-15-25(37)20-36-28(26-11-6-10-24-17-18-33-30(24)26)19-34-27(31(36)38)12-5-9-22-7-3-2-4-8-22/h2-4,6-8,10-11,14,16-19,33H,5,9,12-13,15,20H2,1H3,(H2,32,35). The molecule has 0 amide bonds. The lowest BCUT2D eigenvalue weighted by Gasteiger charge is -2.15. The number of rotatable bonds is 10. The van der Waals surface area contributed by atoms with E-state index < -0.39 is 0 Å². The van der Waals surface area contributed by atoms with Crippen molar-refractivity contribution in [3.05, 3.63) is 112 Å². The number of para-hydroxylation sites is 1. The average Bonchev–Trinajstić information content (AvgIpc) is 3.40. The zero-order valence-electron chi connectivity index (χ0n) is 21.5. The minimum atomic E-state index is -0.210. The van der Waals surface area contributed by atoms with Crippen LogP contribution in [0.2, 0.25) is 0 Å². The number of H-pyrrole nitrogens is 1. The molecule has 5 rings (SSSR count). The van der Waals surface area contributed by atoms with Gasteiger partial charge in [-0.2, -0.15) is 0 Å². The molecule has 7 nitrogen and oxygen atoms in total. The average molecular weight is 506 g/mol. The van der Waals surface area contributed by atoms with Crippen molar-refractivity contribution in [2.24, 2.45) is 0 Å². The Bertz CT molecular complexity index is 1640. The normalized spacial score (nSPS) is 11.2. The minimum absolute atomic E-state index is 0.0130. The number of benzene rings is 2. The summed E-state index contributed by atoms with van der Waals surface area (Å²) in [7, 11) is 0. The van der Waals surface area contributed by atoms with Gasteiger partial charge in [-0.3, -0.25) is 19.1 Å². The molecule has 0 aliphatic heterocycles. The van der Waals surface area contributed by atoms with Crippen molar-refractivity contribution in [2.45, 2.75) is 45.6 Å². The van der Waals surface area contributed by atoms with Gasteiger partial charge in [0, 0.05) is 29.3 Å². The van der Waals surface area contributed by atoms with Gasteiger partial charge in [0.1, 0.15) is 11.5 Å². The number of aromatic nitrogens is 4. The first-order valence-electron chi connectivity index (χ1n) is 12.9. The van der Waals surface area contributed by atoms with Crippen LogP contribution < -0.4 is 11.3 Å². The van der Waals surface area contributed by atoms with Crippen molar-refractivity contribution >= 4 is 22.5 Å². The predicted molar refractivity (Wildman–Crippen MR) is 151 cm³/mol. The molecule has 0 fully saturated rings. The van der Waals surface area contributed by atoms with Crippen LogP contribution in [-0.2, 0) is 30.6 Å². The molecular formula is C31H31N5O2. The summed E-state index contributed by atoms with van der Waals surface area (Å²) in [5, 5.41) is 1.03. The SMILES string of the molecule is Cc1nc(N)ccc1CCC(=O)Cn1c(-c2cccc3cc[nH]c23)cnc(CCCc2ccccc2)c1=O. The molecule has 3 N–H and O–H groups in total. The Balaban J connectivity index is 1.42. The van der Waals surface area contributed by atoms with E-state index in [9.17, 15) is 9.59 Å². The number of anilines is 1. The number of nitrogens with two attached hydrogens (primary N) is 1. The fourth-order valence-electron chi connectivity index (χ4n) is 4.88. The van der Waals surface area contributed by atoms with Gasteiger partial charge in [-0.05, 0) is 55.9 Å². The molecule has 0 spiro atoms. The van der Waals surface area contributed by atoms with E-state index in [-0.39, 0.29) is 17.9 Å². The van der Waals surface area contributed by atoms with E-state index in [0.717, 1.165) is 40.6 Å². The molecule has 192 valence electrons. The number of nitrogens with one attached hydrogen (secondary N) is 1. The third-order valence-electron chi connectivity index (χ3n) is 6.93. The number of fused-ring (bicyclic) bond motifs is 1. The number of nitrogen functional groups attached to an aromatic ring is 1. The zero-order valence-corrected chi connectivity index (χ0v) is 21.5. The van der Waals surface area contributed by atoms with Gasteiger partial charge in [0.2, 0.25) is 0 Å². The van der Waals surface area contributed by atoms with Gasteiger partial charge < -0.3 is 10.7 Å². The van der Waals surface area contributed by atoms with E-state index in [4.69, 9.17) is 5.73 Å². The molecule has 0 unspecified atom stereocenters. The molecule has 0 aliphatic rings. The van der Waals surface area contributed by atoms with Crippen LogP contribution in [0, 0.1) is 6.92 Å². The van der Waals surface area contributed by atoms with Gasteiger partial charge in [0.15, 0.2) is 5.78 Å². The maximum absolute atomic E-state index is 13.7. The molecule has 7 heteroatoms. The quantitative estimate of drug-likeness (QED) is 0.276. The number of carbonyl (C=O) groups is 1. The summed E-state index contributed by atoms with van der Waals surface area (Å²) in [5.41, 5.74) is 11.5. The van der Waals surface area contributed by atoms with Crippen LogP contribution in [-0.4, -0.2) is 25.3 Å². The van der Waals surface area contributed by atoms with Crippen molar-refractivity contribution in [1.82, 2.24) is 19.5 Å². The minimum Gasteiger partial charge on any atom is -0.384 e. The Morgan fingerprint density at radius 2 is 1.82 bits per heavy atom. The van der Waals surface area contributed by atoms with E-state index in [1.807, 2.05) is 61.7 Å². The fraction of sp³-hybridized carbons (Fsp3) is 0.226. The Labute approximate surface area is 221 Å². The lowest BCUT2D eigenvalue weighted by molar-refractivity contribution is -0.119. The number of ketones is 1. The molecule has 2 aromatic carbocycles. The molecule has 0 atom stereocenters. The van der Waals surface area contributed by atoms with Crippen molar-refractivity contribution in [3.8, 4) is 11.3 Å². The number of hydrogen-bond donors (Lipinski definition) is 2. The third kappa shape index (κ3) is 5.57. The molecule has 3 aromatic heterocycles. The lowest BCUT2D eigenvalue weighted by atomic mass is 10.0. The zero-order chi connectivity index (χ0) is 26.5. The van der Waals surface area contributed by atoms with Crippen molar-refractivity contribution < 1.29 is 4.79 Å². The smallest absolute Gasteiger partial charge is 0.273 e. The molecule has 0 radical (unpaired) electrons. The van der Waals surface area contributed by atoms with Crippen LogP contribution in [0.25, 0.3) is 22.2 Å². The molecule has 5 aromatic rings. The van der Waals surface area contributed by atoms with Crippen LogP contribution in [0.3, 0.4) is 0 Å². The van der Waals surface area contributed by atoms with E-state index in [1.54, 1.807) is 16.8 Å². The number of carbonyl (C=O) groups excluding carboxylic acids is 1. The van der Waals surface area contributed by atoms with E-state index in [1.165, 1.54) is 5.56 Å². The highest BCUT2D eigenvalue weighted by atomic mass is 16.1. The van der Waals surface area contributed by atoms with Crippen molar-refractivity contribution in [3.63, 3.8) is 0 Å². The van der Waals surface area contributed by atoms with Gasteiger partial charge in [-0.15, -0.1) is 0 Å². The number of pyridine rings is 1. The number of aromatic amines is 1. The molecule has 0 saturated carbocycles. The van der Waals surface area contributed by atoms with Gasteiger partial charge in [0.25, 0.3) is 5.56 Å². The molecule has 0 bridgehead atoms. The Kier molecular flexibility index (Phi) is 7.45. The number of nitrogens with zero attached hydrogens (tertiary/aromatic N) is 3. The summed E-state index contributed by atoms with van der Waals surface area (Å²) in [6.45, 7) is 1.88. The second-order valence-electron chi connectivity index (χ2n) is 9.59. The number of aryl methyl sites for hydroxylation is 4. The van der Waals surface area contributed by atoms with Gasteiger partial charge in [-0.25, -0.2) is 4.98 Å². The van der Waals surface area contributed by atoms with Crippen LogP contribution in [0.1, 0.15) is 35.4 Å². The van der Waals surface area contributed by atoms with E-state index in [0.29, 0.717) is 36.5 Å². The molecule has 0 aliphatic carbocycles. The Hall–Kier alpha value is -4.52. The summed E-state index contributed by atoms with van der Waals surface area (Å²) < 4.78 is 1.59. The Morgan fingerprint density at radius 3 is 2.63 bits per heavy atom. The predicted octanol–water partition coefficient (Wildman–Crippen LogP) is 5.05. The van der Waals surface area contributed by atoms with E-state index >= 15 is 0 Å². The fourth-order valence-corrected chi connectivity index (χ4v) is 4.88. The van der Waals surface area contributed by atoms with Crippen LogP contribution >= 0.6 is 0 Å². The lowest BCUT2D eigenvalue weighted by Crippen LogP contribution is -2.30. The van der Waals surface area contributed by atoms with Crippen molar-refractivity contribution in [1.29, 1.82) is 0 Å². The highest BCUT2D eigenvalue weighted by Gasteiger charge is 2.17. The highest BCUT2D eigenvalue weighted by Crippen LogP contribution is 2.27. The van der Waals surface area contributed by atoms with Crippen LogP contribution in [0.4, 0.5) is 5.82 Å². The van der Waals surface area contributed by atoms with Gasteiger partial charge in [-0.1, -0.05) is 54.6 Å². The topological polar surface area (TPSA) is 107 Å². The summed E-state index contributed by atoms with van der Waals surface area (Å²) in [6, 6.07) is 21.8. The second-order valence-corrected chi connectivity index (χ2v) is 9.59. The summed E-state index contributed by atoms with van der Waals surface area (Å²) in [5.74, 6) is 0.438. The molecule has 3 heterocycles. The summed E-state index contributed by atoms with van der Waals surface area (Å²) in [4.78, 5) is 39.0. The molecular weight excluding hydrogens is 474 g/mol. The maximum Gasteiger partial charge on any atom is 0.273 e. The summed E-state index contributed by atoms with van der Waals surface area (Å²) in [6.07, 6.45) is 6.66. The van der Waals surface area contributed by atoms with Gasteiger partial charge >= 0.3 is 0 Å². The highest BCUT2D eigenvalue weighted by molar-refractivity contribution is 5.93. The molecule has 38 heavy (non-hydrogen) atoms. The molecule has 0 saturated heterocycles. The summed E-state index contributed by atoms with van der Waals surface area (Å²) >= 11 is 0. The van der Waals surface area contributed by atoms with Gasteiger partial charge in [0.05, 0.1) is 24.0 Å². The van der Waals surface area contributed by atoms with E-state index in [2.05, 4.69) is 27.1 Å². The first-order chi connectivity index (χ1) is 18.5. The van der Waals surface area contributed by atoms with Crippen molar-refractivity contribution in [2.75, 3.05) is 5.73 Å². The van der Waals surface area contributed by atoms with Crippen LogP contribution in [0.5, 0.6) is 0 Å². The largest absolute Gasteiger partial charge is 0.384 e. The van der Waals surface area contributed by atoms with Crippen LogP contribution in [0.15, 0.2) is 83.9 Å². The maximum atomic E-state index is 13.7. The first kappa shape index (κ1) is 25.1. The third-order valence-corrected chi connectivity index (χ3v) is 6.93. The second kappa shape index (κ2) is 11.3. The monoisotopic (exact) mass is 505 g/mol. The first-order valence-corrected chi connectivity index (χ1v) is 12.9. The number of Topliss-reactive ketones (excluding diaryl/α,β-unsaturated/α-hetero) is 1.